The van der Waals surface area contributed by atoms with Crippen LogP contribution in [0.5, 0.6) is 0 Å². The summed E-state index contributed by atoms with van der Waals surface area (Å²) < 4.78 is 0. The van der Waals surface area contributed by atoms with E-state index in [1.165, 1.54) is 25.7 Å². The number of aliphatic carboxylic acids is 1. The van der Waals surface area contributed by atoms with E-state index in [2.05, 4.69) is 17.6 Å². The van der Waals surface area contributed by atoms with Crippen LogP contribution in [0.4, 0.5) is 0 Å². The highest BCUT2D eigenvalue weighted by molar-refractivity contribution is 5.83. The zero-order valence-electron chi connectivity index (χ0n) is 14.0. The van der Waals surface area contributed by atoms with Gasteiger partial charge in [-0.3, -0.25) is 14.9 Å². The first-order valence-corrected chi connectivity index (χ1v) is 8.71. The Labute approximate surface area is 133 Å². The molecule has 5 nitrogen and oxygen atoms in total. The lowest BCUT2D eigenvalue weighted by Gasteiger charge is -2.30. The van der Waals surface area contributed by atoms with E-state index < -0.39 is 18.1 Å². The normalized spacial score (nSPS) is 30.8. The number of amides is 1. The van der Waals surface area contributed by atoms with Crippen molar-refractivity contribution < 1.29 is 14.7 Å². The monoisotopic (exact) mass is 310 g/mol. The summed E-state index contributed by atoms with van der Waals surface area (Å²) in [5, 5.41) is 15.2. The van der Waals surface area contributed by atoms with Crippen molar-refractivity contribution in [1.82, 2.24) is 10.6 Å². The molecule has 0 aromatic heterocycles. The summed E-state index contributed by atoms with van der Waals surface area (Å²) in [4.78, 5) is 23.5. The number of carboxylic acids is 1. The number of carbonyl (C=O) groups excluding carboxylic acids is 1. The fraction of sp³-hybridized carbons (Fsp3) is 0.882. The molecule has 0 heterocycles. The molecule has 0 saturated heterocycles. The highest BCUT2D eigenvalue weighted by Gasteiger charge is 2.42. The topological polar surface area (TPSA) is 78.4 Å². The minimum atomic E-state index is -0.886. The highest BCUT2D eigenvalue weighted by atomic mass is 16.4. The molecule has 3 N–H and O–H groups in total. The quantitative estimate of drug-likeness (QED) is 0.642. The van der Waals surface area contributed by atoms with E-state index in [1.807, 2.05) is 6.92 Å². The Morgan fingerprint density at radius 2 is 1.95 bits per heavy atom. The van der Waals surface area contributed by atoms with Gasteiger partial charge in [0.2, 0.25) is 5.91 Å². The van der Waals surface area contributed by atoms with Crippen molar-refractivity contribution in [1.29, 1.82) is 0 Å². The minimum Gasteiger partial charge on any atom is -0.480 e. The van der Waals surface area contributed by atoms with Gasteiger partial charge in [0.25, 0.3) is 0 Å². The maximum Gasteiger partial charge on any atom is 0.320 e. The number of fused-ring (bicyclic) bond motifs is 2. The number of hydrogen-bond donors (Lipinski definition) is 3. The number of carboxylic acid groups (broad SMARTS) is 1. The van der Waals surface area contributed by atoms with Crippen LogP contribution in [0.1, 0.15) is 59.3 Å². The van der Waals surface area contributed by atoms with Gasteiger partial charge in [-0.05, 0) is 57.3 Å². The standard InChI is InChI=1S/C17H30N2O3/c1-4-5-15(17(21)22)18-11(3)16(20)19-10(2)14-9-12-6-7-13(14)8-12/h10-15,18H,4-9H2,1-3H3,(H,19,20)(H,21,22). The van der Waals surface area contributed by atoms with Crippen molar-refractivity contribution in [2.24, 2.45) is 17.8 Å². The third kappa shape index (κ3) is 4.00. The summed E-state index contributed by atoms with van der Waals surface area (Å²) in [7, 11) is 0. The lowest BCUT2D eigenvalue weighted by atomic mass is 9.84. The van der Waals surface area contributed by atoms with Crippen molar-refractivity contribution >= 4 is 11.9 Å². The minimum absolute atomic E-state index is 0.0855. The number of rotatable bonds is 8. The average Bonchev–Trinajstić information content (AvgIpc) is 3.09. The molecule has 0 spiro atoms. The van der Waals surface area contributed by atoms with Crippen LogP contribution in [-0.4, -0.2) is 35.1 Å². The van der Waals surface area contributed by atoms with Crippen LogP contribution in [0, 0.1) is 17.8 Å². The molecule has 2 aliphatic rings. The van der Waals surface area contributed by atoms with Gasteiger partial charge < -0.3 is 10.4 Å². The second-order valence-corrected chi connectivity index (χ2v) is 7.20. The third-order valence-corrected chi connectivity index (χ3v) is 5.52. The van der Waals surface area contributed by atoms with E-state index >= 15 is 0 Å². The first-order chi connectivity index (χ1) is 10.4. The summed E-state index contributed by atoms with van der Waals surface area (Å²) in [6.45, 7) is 5.78. The zero-order valence-corrected chi connectivity index (χ0v) is 14.0. The molecular formula is C17H30N2O3. The van der Waals surface area contributed by atoms with Crippen LogP contribution in [0.15, 0.2) is 0 Å². The van der Waals surface area contributed by atoms with Gasteiger partial charge in [0.1, 0.15) is 6.04 Å². The van der Waals surface area contributed by atoms with Crippen LogP contribution in [0.3, 0.4) is 0 Å². The Balaban J connectivity index is 1.81. The molecule has 2 bridgehead atoms. The molecule has 0 radical (unpaired) electrons. The Morgan fingerprint density at radius 1 is 1.23 bits per heavy atom. The molecule has 2 aliphatic carbocycles. The maximum atomic E-state index is 12.3. The molecule has 0 aliphatic heterocycles. The predicted molar refractivity (Wildman–Crippen MR) is 85.5 cm³/mol. The maximum absolute atomic E-state index is 12.3. The number of nitrogens with one attached hydrogen (secondary N) is 2. The number of hydrogen-bond acceptors (Lipinski definition) is 3. The van der Waals surface area contributed by atoms with Gasteiger partial charge in [-0.15, -0.1) is 0 Å². The summed E-state index contributed by atoms with van der Waals surface area (Å²) in [6, 6.07) is -0.946. The van der Waals surface area contributed by atoms with Crippen LogP contribution in [-0.2, 0) is 9.59 Å². The predicted octanol–water partition coefficient (Wildman–Crippen LogP) is 2.16. The first-order valence-electron chi connectivity index (χ1n) is 8.71. The number of carbonyl (C=O) groups is 2. The average molecular weight is 310 g/mol. The zero-order chi connectivity index (χ0) is 16.3. The lowest BCUT2D eigenvalue weighted by Crippen LogP contribution is -2.52. The fourth-order valence-corrected chi connectivity index (χ4v) is 4.31. The Morgan fingerprint density at radius 3 is 2.45 bits per heavy atom. The van der Waals surface area contributed by atoms with Gasteiger partial charge in [0.05, 0.1) is 6.04 Å². The molecule has 0 aromatic rings. The fourth-order valence-electron chi connectivity index (χ4n) is 4.31. The molecular weight excluding hydrogens is 280 g/mol. The van der Waals surface area contributed by atoms with Crippen molar-refractivity contribution in [3.8, 4) is 0 Å². The van der Waals surface area contributed by atoms with Crippen molar-refractivity contribution in [2.75, 3.05) is 0 Å². The van der Waals surface area contributed by atoms with Crippen LogP contribution in [0.25, 0.3) is 0 Å². The van der Waals surface area contributed by atoms with E-state index in [4.69, 9.17) is 5.11 Å². The Hall–Kier alpha value is -1.10. The molecule has 6 atom stereocenters. The van der Waals surface area contributed by atoms with Crippen molar-refractivity contribution in [2.45, 2.75) is 77.4 Å². The summed E-state index contributed by atoms with van der Waals surface area (Å²) in [5.41, 5.74) is 0. The van der Waals surface area contributed by atoms with Crippen LogP contribution in [0.2, 0.25) is 0 Å². The largest absolute Gasteiger partial charge is 0.480 e. The van der Waals surface area contributed by atoms with E-state index in [-0.39, 0.29) is 11.9 Å². The van der Waals surface area contributed by atoms with Gasteiger partial charge in [0, 0.05) is 6.04 Å². The van der Waals surface area contributed by atoms with Gasteiger partial charge in [-0.1, -0.05) is 19.8 Å². The Kier molecular flexibility index (Phi) is 5.84. The molecule has 6 unspecified atom stereocenters. The molecule has 2 fully saturated rings. The molecule has 5 heteroatoms. The summed E-state index contributed by atoms with van der Waals surface area (Å²) in [6.07, 6.45) is 6.55. The third-order valence-electron chi connectivity index (χ3n) is 5.52. The summed E-state index contributed by atoms with van der Waals surface area (Å²) >= 11 is 0. The van der Waals surface area contributed by atoms with E-state index in [0.29, 0.717) is 12.3 Å². The molecule has 126 valence electrons. The van der Waals surface area contributed by atoms with E-state index in [1.54, 1.807) is 6.92 Å². The SMILES string of the molecule is CCCC(NC(C)C(=O)NC(C)C1CC2CCC1C2)C(=O)O. The molecule has 2 rings (SSSR count). The summed E-state index contributed by atoms with van der Waals surface area (Å²) in [5.74, 6) is 1.27. The Bertz CT molecular complexity index is 413. The van der Waals surface area contributed by atoms with Gasteiger partial charge in [-0.25, -0.2) is 0 Å². The van der Waals surface area contributed by atoms with Gasteiger partial charge in [0.15, 0.2) is 0 Å². The molecule has 2 saturated carbocycles. The van der Waals surface area contributed by atoms with Crippen molar-refractivity contribution in [3.05, 3.63) is 0 Å². The van der Waals surface area contributed by atoms with E-state index in [0.717, 1.165) is 18.3 Å². The van der Waals surface area contributed by atoms with E-state index in [9.17, 15) is 9.59 Å². The van der Waals surface area contributed by atoms with Crippen LogP contribution >= 0.6 is 0 Å². The van der Waals surface area contributed by atoms with Gasteiger partial charge in [-0.2, -0.15) is 0 Å². The highest BCUT2D eigenvalue weighted by Crippen LogP contribution is 2.49. The van der Waals surface area contributed by atoms with Gasteiger partial charge >= 0.3 is 5.97 Å². The molecule has 22 heavy (non-hydrogen) atoms. The second-order valence-electron chi connectivity index (χ2n) is 7.20. The second kappa shape index (κ2) is 7.44. The van der Waals surface area contributed by atoms with Crippen molar-refractivity contribution in [3.63, 3.8) is 0 Å². The lowest BCUT2D eigenvalue weighted by molar-refractivity contribution is -0.140. The molecule has 0 aromatic carbocycles. The molecule has 1 amide bonds. The smallest absolute Gasteiger partial charge is 0.320 e. The van der Waals surface area contributed by atoms with Crippen LogP contribution < -0.4 is 10.6 Å². The first kappa shape index (κ1) is 17.3.